The van der Waals surface area contributed by atoms with Gasteiger partial charge in [0.25, 0.3) is 0 Å². The standard InChI is InChI=1S/C8H5BrN2O2/c9-4-8(12)5-1-2-6-7(3-5)11-13-10-6/h1-3H,4H2. The number of fused-ring (bicyclic) bond motifs is 1. The lowest BCUT2D eigenvalue weighted by molar-refractivity contribution is 0.102. The molecule has 66 valence electrons. The van der Waals surface area contributed by atoms with Crippen molar-refractivity contribution in [2.75, 3.05) is 5.33 Å². The third kappa shape index (κ3) is 1.47. The lowest BCUT2D eigenvalue weighted by Crippen LogP contribution is -1.98. The van der Waals surface area contributed by atoms with Crippen LogP contribution in [0.25, 0.3) is 11.0 Å². The van der Waals surface area contributed by atoms with E-state index in [1.54, 1.807) is 18.2 Å². The fourth-order valence-electron chi connectivity index (χ4n) is 1.03. The number of alkyl halides is 1. The van der Waals surface area contributed by atoms with E-state index in [1.165, 1.54) is 0 Å². The first-order valence-electron chi connectivity index (χ1n) is 3.63. The molecule has 0 fully saturated rings. The zero-order chi connectivity index (χ0) is 9.26. The predicted molar refractivity (Wildman–Crippen MR) is 49.9 cm³/mol. The van der Waals surface area contributed by atoms with Crippen LogP contribution in [0.5, 0.6) is 0 Å². The van der Waals surface area contributed by atoms with E-state index in [1.807, 2.05) is 0 Å². The average molecular weight is 241 g/mol. The molecule has 0 N–H and O–H groups in total. The van der Waals surface area contributed by atoms with Gasteiger partial charge in [0.15, 0.2) is 5.78 Å². The SMILES string of the molecule is O=C(CBr)c1ccc2nonc2c1. The van der Waals surface area contributed by atoms with Crippen LogP contribution in [0.1, 0.15) is 10.4 Å². The van der Waals surface area contributed by atoms with E-state index in [2.05, 4.69) is 30.9 Å². The largest absolute Gasteiger partial charge is 0.293 e. The molecule has 1 aromatic heterocycles. The molecule has 0 spiro atoms. The van der Waals surface area contributed by atoms with E-state index in [-0.39, 0.29) is 5.78 Å². The Morgan fingerprint density at radius 1 is 1.38 bits per heavy atom. The van der Waals surface area contributed by atoms with E-state index < -0.39 is 0 Å². The van der Waals surface area contributed by atoms with Gasteiger partial charge in [-0.1, -0.05) is 15.9 Å². The van der Waals surface area contributed by atoms with E-state index in [0.717, 1.165) is 0 Å². The molecule has 2 rings (SSSR count). The van der Waals surface area contributed by atoms with Crippen LogP contribution in [0.4, 0.5) is 0 Å². The number of aromatic nitrogens is 2. The Balaban J connectivity index is 2.54. The third-order valence-corrected chi connectivity index (χ3v) is 2.21. The van der Waals surface area contributed by atoms with Crippen molar-refractivity contribution >= 4 is 32.7 Å². The van der Waals surface area contributed by atoms with Gasteiger partial charge in [0.05, 0.1) is 5.33 Å². The summed E-state index contributed by atoms with van der Waals surface area (Å²) in [6, 6.07) is 5.08. The minimum atomic E-state index is 0.0184. The number of carbonyl (C=O) groups is 1. The van der Waals surface area contributed by atoms with Crippen molar-refractivity contribution in [3.63, 3.8) is 0 Å². The minimum Gasteiger partial charge on any atom is -0.293 e. The maximum Gasteiger partial charge on any atom is 0.173 e. The molecule has 4 nitrogen and oxygen atoms in total. The second-order valence-electron chi connectivity index (χ2n) is 2.52. The first kappa shape index (κ1) is 8.37. The molecule has 0 saturated heterocycles. The monoisotopic (exact) mass is 240 g/mol. The van der Waals surface area contributed by atoms with Crippen LogP contribution in [0.3, 0.4) is 0 Å². The number of hydrogen-bond acceptors (Lipinski definition) is 4. The second-order valence-corrected chi connectivity index (χ2v) is 3.09. The Hall–Kier alpha value is -1.23. The molecule has 0 bridgehead atoms. The summed E-state index contributed by atoms with van der Waals surface area (Å²) in [6.45, 7) is 0. The Morgan fingerprint density at radius 2 is 2.15 bits per heavy atom. The highest BCUT2D eigenvalue weighted by molar-refractivity contribution is 9.09. The molecule has 0 atom stereocenters. The molecule has 0 radical (unpaired) electrons. The molecular formula is C8H5BrN2O2. The van der Waals surface area contributed by atoms with E-state index >= 15 is 0 Å². The zero-order valence-corrected chi connectivity index (χ0v) is 8.11. The van der Waals surface area contributed by atoms with Crippen molar-refractivity contribution < 1.29 is 9.42 Å². The normalized spacial score (nSPS) is 10.5. The van der Waals surface area contributed by atoms with Crippen molar-refractivity contribution in [3.8, 4) is 0 Å². The predicted octanol–water partition coefficient (Wildman–Crippen LogP) is 1.80. The first-order chi connectivity index (χ1) is 6.31. The number of Topliss-reactive ketones (excluding diaryl/α,β-unsaturated/α-hetero) is 1. The molecule has 1 aromatic carbocycles. The molecule has 5 heteroatoms. The van der Waals surface area contributed by atoms with Gasteiger partial charge in [0.1, 0.15) is 11.0 Å². The number of ketones is 1. The van der Waals surface area contributed by atoms with Crippen molar-refractivity contribution in [1.82, 2.24) is 10.3 Å². The number of carbonyl (C=O) groups excluding carboxylic acids is 1. The topological polar surface area (TPSA) is 56.0 Å². The minimum absolute atomic E-state index is 0.0184. The van der Waals surface area contributed by atoms with Crippen molar-refractivity contribution in [1.29, 1.82) is 0 Å². The zero-order valence-electron chi connectivity index (χ0n) is 6.53. The molecule has 0 aliphatic rings. The van der Waals surface area contributed by atoms with Crippen molar-refractivity contribution in [2.45, 2.75) is 0 Å². The number of hydrogen-bond donors (Lipinski definition) is 0. The summed E-state index contributed by atoms with van der Waals surface area (Å²) in [7, 11) is 0. The summed E-state index contributed by atoms with van der Waals surface area (Å²) in [4.78, 5) is 11.3. The van der Waals surface area contributed by atoms with Gasteiger partial charge >= 0.3 is 0 Å². The highest BCUT2D eigenvalue weighted by atomic mass is 79.9. The van der Waals surface area contributed by atoms with Crippen LogP contribution in [-0.2, 0) is 0 Å². The molecule has 13 heavy (non-hydrogen) atoms. The summed E-state index contributed by atoms with van der Waals surface area (Å²) in [5.74, 6) is 0.0184. The van der Waals surface area contributed by atoms with Crippen LogP contribution >= 0.6 is 15.9 Å². The average Bonchev–Trinajstić information content (AvgIpc) is 2.63. The molecule has 0 saturated carbocycles. The maximum absolute atomic E-state index is 11.3. The van der Waals surface area contributed by atoms with Gasteiger partial charge < -0.3 is 0 Å². The fraction of sp³-hybridized carbons (Fsp3) is 0.125. The number of rotatable bonds is 2. The lowest BCUT2D eigenvalue weighted by atomic mass is 10.1. The first-order valence-corrected chi connectivity index (χ1v) is 4.75. The maximum atomic E-state index is 11.3. The highest BCUT2D eigenvalue weighted by Gasteiger charge is 2.06. The molecule has 0 aliphatic carbocycles. The van der Waals surface area contributed by atoms with Gasteiger partial charge in [0.2, 0.25) is 0 Å². The van der Waals surface area contributed by atoms with E-state index in [4.69, 9.17) is 0 Å². The van der Waals surface area contributed by atoms with Gasteiger partial charge in [-0.25, -0.2) is 4.63 Å². The number of halogens is 1. The summed E-state index contributed by atoms with van der Waals surface area (Å²) < 4.78 is 4.51. The fourth-order valence-corrected chi connectivity index (χ4v) is 1.36. The lowest BCUT2D eigenvalue weighted by Gasteiger charge is -1.93. The summed E-state index contributed by atoms with van der Waals surface area (Å²) in [5.41, 5.74) is 1.87. The molecule has 0 unspecified atom stereocenters. The smallest absolute Gasteiger partial charge is 0.173 e. The Bertz CT molecular complexity index is 452. The second kappa shape index (κ2) is 3.26. The van der Waals surface area contributed by atoms with Crippen molar-refractivity contribution in [3.05, 3.63) is 23.8 Å². The van der Waals surface area contributed by atoms with E-state index in [9.17, 15) is 4.79 Å². The van der Waals surface area contributed by atoms with Gasteiger partial charge in [-0.3, -0.25) is 4.79 Å². The van der Waals surface area contributed by atoms with Crippen molar-refractivity contribution in [2.24, 2.45) is 0 Å². The van der Waals surface area contributed by atoms with Crippen LogP contribution in [0.2, 0.25) is 0 Å². The molecule has 0 aliphatic heterocycles. The summed E-state index contributed by atoms with van der Waals surface area (Å²) in [6.07, 6.45) is 0. The Kier molecular flexibility index (Phi) is 2.10. The van der Waals surface area contributed by atoms with Crippen LogP contribution in [0, 0.1) is 0 Å². The Labute approximate surface area is 82.0 Å². The third-order valence-electron chi connectivity index (χ3n) is 1.70. The number of benzene rings is 1. The van der Waals surface area contributed by atoms with Gasteiger partial charge in [-0.15, -0.1) is 0 Å². The van der Waals surface area contributed by atoms with Crippen LogP contribution in [-0.4, -0.2) is 21.4 Å². The van der Waals surface area contributed by atoms with Gasteiger partial charge in [-0.05, 0) is 28.5 Å². The van der Waals surface area contributed by atoms with Crippen LogP contribution < -0.4 is 0 Å². The Morgan fingerprint density at radius 3 is 2.92 bits per heavy atom. The quantitative estimate of drug-likeness (QED) is 0.594. The molecule has 1 heterocycles. The molecule has 0 amide bonds. The summed E-state index contributed by atoms with van der Waals surface area (Å²) >= 11 is 3.10. The highest BCUT2D eigenvalue weighted by Crippen LogP contribution is 2.12. The van der Waals surface area contributed by atoms with Gasteiger partial charge in [0, 0.05) is 5.56 Å². The van der Waals surface area contributed by atoms with Crippen LogP contribution in [0.15, 0.2) is 22.8 Å². The summed E-state index contributed by atoms with van der Waals surface area (Å²) in [5, 5.41) is 7.59. The molecule has 2 aromatic rings. The van der Waals surface area contributed by atoms with Gasteiger partial charge in [-0.2, -0.15) is 0 Å². The molecular weight excluding hydrogens is 236 g/mol. The van der Waals surface area contributed by atoms with E-state index in [0.29, 0.717) is 21.9 Å². The number of nitrogens with zero attached hydrogens (tertiary/aromatic N) is 2.